The maximum Gasteiger partial charge on any atom is 0.326 e. The number of urea groups is 1. The molecule has 0 aliphatic rings. The van der Waals surface area contributed by atoms with E-state index in [-0.39, 0.29) is 19.8 Å². The molecule has 2 amide bonds. The molecule has 0 unspecified atom stereocenters. The summed E-state index contributed by atoms with van der Waals surface area (Å²) in [6.45, 7) is 6.00. The first-order valence-corrected chi connectivity index (χ1v) is 6.13. The Balaban J connectivity index is 4.29. The smallest absolute Gasteiger partial charge is 0.326 e. The monoisotopic (exact) mass is 276 g/mol. The number of likely N-dealkylation sites (N-methyl/N-ethyl adjacent to an activating group) is 1. The van der Waals surface area contributed by atoms with Crippen molar-refractivity contribution in [2.75, 3.05) is 33.4 Å². The highest BCUT2D eigenvalue weighted by Gasteiger charge is 2.33. The van der Waals surface area contributed by atoms with Gasteiger partial charge in [0.05, 0.1) is 19.8 Å². The third-order valence-electron chi connectivity index (χ3n) is 2.53. The molecule has 0 aromatic rings. The number of nitrogens with zero attached hydrogens (tertiary/aromatic N) is 1. The second-order valence-corrected chi connectivity index (χ2v) is 5.34. The Morgan fingerprint density at radius 1 is 1.32 bits per heavy atom. The summed E-state index contributed by atoms with van der Waals surface area (Å²) >= 11 is 0. The number of aliphatic carboxylic acids is 1. The molecule has 7 nitrogen and oxygen atoms in total. The van der Waals surface area contributed by atoms with Crippen LogP contribution in [0.2, 0.25) is 0 Å². The van der Waals surface area contributed by atoms with Crippen LogP contribution in [0.25, 0.3) is 0 Å². The molecule has 0 aliphatic heterocycles. The maximum atomic E-state index is 11.8. The molecule has 1 atom stereocenters. The number of carboxylic acid groups (broad SMARTS) is 1. The highest BCUT2D eigenvalue weighted by molar-refractivity contribution is 5.83. The van der Waals surface area contributed by atoms with Gasteiger partial charge in [0, 0.05) is 13.6 Å². The van der Waals surface area contributed by atoms with Gasteiger partial charge in [0.25, 0.3) is 0 Å². The van der Waals surface area contributed by atoms with Gasteiger partial charge in [-0.25, -0.2) is 9.59 Å². The van der Waals surface area contributed by atoms with Gasteiger partial charge >= 0.3 is 12.0 Å². The summed E-state index contributed by atoms with van der Waals surface area (Å²) in [6.07, 6.45) is 0. The first-order valence-electron chi connectivity index (χ1n) is 6.13. The van der Waals surface area contributed by atoms with Crippen LogP contribution in [0, 0.1) is 5.41 Å². The predicted octanol–water partition coefficient (Wildman–Crippen LogP) is 0.136. The van der Waals surface area contributed by atoms with Crippen LogP contribution >= 0.6 is 0 Å². The van der Waals surface area contributed by atoms with Crippen molar-refractivity contribution in [2.24, 2.45) is 5.41 Å². The molecule has 7 heteroatoms. The largest absolute Gasteiger partial charge is 0.480 e. The highest BCUT2D eigenvalue weighted by Crippen LogP contribution is 2.19. The Labute approximate surface area is 113 Å². The van der Waals surface area contributed by atoms with Gasteiger partial charge in [-0.2, -0.15) is 0 Å². The van der Waals surface area contributed by atoms with Crippen LogP contribution in [0.4, 0.5) is 4.79 Å². The molecule has 0 saturated carbocycles. The van der Waals surface area contributed by atoms with E-state index < -0.39 is 23.5 Å². The van der Waals surface area contributed by atoms with Crippen LogP contribution < -0.4 is 5.32 Å². The van der Waals surface area contributed by atoms with Crippen LogP contribution in [0.1, 0.15) is 20.8 Å². The van der Waals surface area contributed by atoms with E-state index in [4.69, 9.17) is 14.9 Å². The van der Waals surface area contributed by atoms with Gasteiger partial charge in [0.15, 0.2) is 0 Å². The molecule has 0 aromatic carbocycles. The van der Waals surface area contributed by atoms with Crippen LogP contribution in [0.15, 0.2) is 0 Å². The van der Waals surface area contributed by atoms with E-state index in [1.165, 1.54) is 4.90 Å². The fourth-order valence-corrected chi connectivity index (χ4v) is 1.35. The van der Waals surface area contributed by atoms with E-state index in [2.05, 4.69) is 5.32 Å². The number of nitrogens with one attached hydrogen (secondary N) is 1. The predicted molar refractivity (Wildman–Crippen MR) is 69.9 cm³/mol. The molecule has 0 saturated heterocycles. The number of carboxylic acids is 1. The summed E-state index contributed by atoms with van der Waals surface area (Å²) in [4.78, 5) is 24.3. The van der Waals surface area contributed by atoms with Crippen LogP contribution in [-0.4, -0.2) is 66.6 Å². The van der Waals surface area contributed by atoms with Crippen molar-refractivity contribution in [3.05, 3.63) is 0 Å². The Bertz CT molecular complexity index is 301. The summed E-state index contributed by atoms with van der Waals surface area (Å²) in [5, 5.41) is 20.1. The van der Waals surface area contributed by atoms with Crippen molar-refractivity contribution in [3.63, 3.8) is 0 Å². The number of amides is 2. The number of carbonyl (C=O) groups excluding carboxylic acids is 1. The third-order valence-corrected chi connectivity index (χ3v) is 2.53. The molecule has 112 valence electrons. The first kappa shape index (κ1) is 17.7. The van der Waals surface area contributed by atoms with Gasteiger partial charge in [0.1, 0.15) is 6.04 Å². The molecule has 0 aliphatic carbocycles. The summed E-state index contributed by atoms with van der Waals surface area (Å²) < 4.78 is 5.04. The summed E-state index contributed by atoms with van der Waals surface area (Å²) in [5.74, 6) is -1.06. The topological polar surface area (TPSA) is 99.1 Å². The van der Waals surface area contributed by atoms with Crippen LogP contribution in [0.3, 0.4) is 0 Å². The van der Waals surface area contributed by atoms with Gasteiger partial charge in [0.2, 0.25) is 0 Å². The Kier molecular flexibility index (Phi) is 7.40. The lowest BCUT2D eigenvalue weighted by Gasteiger charge is -2.29. The van der Waals surface area contributed by atoms with Crippen molar-refractivity contribution >= 4 is 12.0 Å². The molecule has 0 aromatic heterocycles. The minimum absolute atomic E-state index is 0.0684. The van der Waals surface area contributed by atoms with Gasteiger partial charge in [-0.05, 0) is 5.41 Å². The number of carbonyl (C=O) groups is 2. The van der Waals surface area contributed by atoms with Gasteiger partial charge in [-0.3, -0.25) is 0 Å². The number of hydrogen-bond donors (Lipinski definition) is 3. The number of ether oxygens (including phenoxy) is 1. The summed E-state index contributed by atoms with van der Waals surface area (Å²) in [7, 11) is 1.55. The zero-order chi connectivity index (χ0) is 15.1. The average Bonchev–Trinajstić information content (AvgIpc) is 2.29. The maximum absolute atomic E-state index is 11.8. The van der Waals surface area contributed by atoms with Gasteiger partial charge in [-0.15, -0.1) is 0 Å². The molecule has 19 heavy (non-hydrogen) atoms. The standard InChI is InChI=1S/C12H24N2O5/c1-12(2,3)9(10(16)17)13-11(18)14(4)5-7-19-8-6-15/h9,15H,5-8H2,1-4H3,(H,13,18)(H,16,17)/t9-/m0/s1. The van der Waals surface area contributed by atoms with Crippen molar-refractivity contribution < 1.29 is 24.5 Å². The van der Waals surface area contributed by atoms with Crippen LogP contribution in [0.5, 0.6) is 0 Å². The van der Waals surface area contributed by atoms with E-state index in [9.17, 15) is 9.59 Å². The second-order valence-electron chi connectivity index (χ2n) is 5.34. The van der Waals surface area contributed by atoms with E-state index in [1.807, 2.05) is 0 Å². The van der Waals surface area contributed by atoms with Crippen molar-refractivity contribution in [3.8, 4) is 0 Å². The second kappa shape index (κ2) is 7.96. The van der Waals surface area contributed by atoms with Crippen LogP contribution in [-0.2, 0) is 9.53 Å². The lowest BCUT2D eigenvalue weighted by molar-refractivity contribution is -0.142. The fourth-order valence-electron chi connectivity index (χ4n) is 1.35. The lowest BCUT2D eigenvalue weighted by atomic mass is 9.87. The Morgan fingerprint density at radius 3 is 2.32 bits per heavy atom. The molecule has 0 fully saturated rings. The Morgan fingerprint density at radius 2 is 1.89 bits per heavy atom. The molecule has 0 rings (SSSR count). The number of aliphatic hydroxyl groups is 1. The van der Waals surface area contributed by atoms with Crippen molar-refractivity contribution in [2.45, 2.75) is 26.8 Å². The fraction of sp³-hybridized carbons (Fsp3) is 0.833. The van der Waals surface area contributed by atoms with E-state index >= 15 is 0 Å². The molecule has 0 spiro atoms. The summed E-state index contributed by atoms with van der Waals surface area (Å²) in [5.41, 5.74) is -0.574. The third kappa shape index (κ3) is 6.97. The average molecular weight is 276 g/mol. The van der Waals surface area contributed by atoms with Gasteiger partial charge < -0.3 is 25.2 Å². The first-order chi connectivity index (χ1) is 8.70. The highest BCUT2D eigenvalue weighted by atomic mass is 16.5. The minimum Gasteiger partial charge on any atom is -0.480 e. The Hall–Kier alpha value is -1.34. The molecule has 0 radical (unpaired) electrons. The normalized spacial score (nSPS) is 12.9. The molecule has 0 bridgehead atoms. The molecule has 0 heterocycles. The molecular formula is C12H24N2O5. The van der Waals surface area contributed by atoms with E-state index in [0.717, 1.165) is 0 Å². The number of hydrogen-bond acceptors (Lipinski definition) is 4. The summed E-state index contributed by atoms with van der Waals surface area (Å²) in [6, 6.07) is -1.42. The van der Waals surface area contributed by atoms with Crippen molar-refractivity contribution in [1.29, 1.82) is 0 Å². The molecular weight excluding hydrogens is 252 g/mol. The zero-order valence-corrected chi connectivity index (χ0v) is 12.0. The minimum atomic E-state index is -1.06. The van der Waals surface area contributed by atoms with Crippen molar-refractivity contribution in [1.82, 2.24) is 10.2 Å². The SMILES string of the molecule is CN(CCOCCO)C(=O)N[C@@H](C(=O)O)C(C)(C)C. The van der Waals surface area contributed by atoms with E-state index in [0.29, 0.717) is 6.54 Å². The molecule has 3 N–H and O–H groups in total. The lowest BCUT2D eigenvalue weighted by Crippen LogP contribution is -2.53. The number of aliphatic hydroxyl groups excluding tert-OH is 1. The quantitative estimate of drug-likeness (QED) is 0.574. The van der Waals surface area contributed by atoms with Gasteiger partial charge in [-0.1, -0.05) is 20.8 Å². The number of rotatable bonds is 7. The van der Waals surface area contributed by atoms with E-state index in [1.54, 1.807) is 27.8 Å². The zero-order valence-electron chi connectivity index (χ0n) is 12.0.